The second-order valence-electron chi connectivity index (χ2n) is 8.39. The van der Waals surface area contributed by atoms with Crippen LogP contribution >= 0.6 is 0 Å². The molecule has 1 unspecified atom stereocenters. The molecule has 3 rings (SSSR count). The van der Waals surface area contributed by atoms with Gasteiger partial charge in [0, 0.05) is 25.6 Å². The number of carbonyl (C=O) groups is 3. The van der Waals surface area contributed by atoms with E-state index in [2.05, 4.69) is 11.8 Å². The number of hydrogen-bond donors (Lipinski definition) is 2. The summed E-state index contributed by atoms with van der Waals surface area (Å²) in [5.41, 5.74) is 0.272. The fraction of sp³-hybridized carbons (Fsp3) is 0.591. The third kappa shape index (κ3) is 7.81. The summed E-state index contributed by atoms with van der Waals surface area (Å²) in [6.07, 6.45) is -0.313. The number of carboxylic acid groups (broad SMARTS) is 2. The first-order chi connectivity index (χ1) is 15.0. The Morgan fingerprint density at radius 3 is 2.00 bits per heavy atom. The standard InChI is InChI=1S/C20H27F3N2O.C2H2O4/c1-15-3-2-10-25(13-15)19(26)17-8-11-24(12-9-17)14-16-4-6-18(7-5-16)20(21,22)23;3-1(4)2(5)6/h4-7,15,17H,2-3,8-14H2,1H3;(H,3,4)(H,5,6). The number of alkyl halides is 3. The van der Waals surface area contributed by atoms with E-state index in [1.54, 1.807) is 12.1 Å². The van der Waals surface area contributed by atoms with Crippen molar-refractivity contribution in [2.45, 2.75) is 45.3 Å². The van der Waals surface area contributed by atoms with Crippen LogP contribution in [0.25, 0.3) is 0 Å². The third-order valence-corrected chi connectivity index (χ3v) is 5.78. The van der Waals surface area contributed by atoms with Crippen LogP contribution in [0.2, 0.25) is 0 Å². The highest BCUT2D eigenvalue weighted by molar-refractivity contribution is 6.27. The third-order valence-electron chi connectivity index (χ3n) is 5.78. The monoisotopic (exact) mass is 458 g/mol. The number of piperidine rings is 2. The molecule has 2 aliphatic rings. The number of rotatable bonds is 3. The van der Waals surface area contributed by atoms with Crippen LogP contribution in [0.4, 0.5) is 13.2 Å². The van der Waals surface area contributed by atoms with E-state index in [9.17, 15) is 18.0 Å². The number of amides is 1. The van der Waals surface area contributed by atoms with Crippen LogP contribution in [0.15, 0.2) is 24.3 Å². The molecule has 1 amide bonds. The summed E-state index contributed by atoms with van der Waals surface area (Å²) in [6, 6.07) is 5.39. The lowest BCUT2D eigenvalue weighted by molar-refractivity contribution is -0.159. The Kier molecular flexibility index (Phi) is 9.06. The van der Waals surface area contributed by atoms with Crippen LogP contribution in [0, 0.1) is 11.8 Å². The summed E-state index contributed by atoms with van der Waals surface area (Å²) in [5.74, 6) is -2.66. The molecule has 2 aliphatic heterocycles. The number of likely N-dealkylation sites (tertiary alicyclic amines) is 2. The zero-order valence-electron chi connectivity index (χ0n) is 18.0. The molecular weight excluding hydrogens is 429 g/mol. The van der Waals surface area contributed by atoms with Gasteiger partial charge in [-0.05, 0) is 62.4 Å². The average Bonchev–Trinajstić information content (AvgIpc) is 2.74. The van der Waals surface area contributed by atoms with Crippen LogP contribution in [0.5, 0.6) is 0 Å². The molecule has 0 bridgehead atoms. The van der Waals surface area contributed by atoms with E-state index in [4.69, 9.17) is 19.8 Å². The molecule has 0 aliphatic carbocycles. The second kappa shape index (κ2) is 11.3. The number of halogens is 3. The zero-order chi connectivity index (χ0) is 23.9. The highest BCUT2D eigenvalue weighted by Crippen LogP contribution is 2.29. The van der Waals surface area contributed by atoms with Crippen LogP contribution < -0.4 is 0 Å². The van der Waals surface area contributed by atoms with E-state index in [0.717, 1.165) is 63.1 Å². The molecule has 1 aromatic carbocycles. The number of carbonyl (C=O) groups excluding carboxylic acids is 1. The van der Waals surface area contributed by atoms with Gasteiger partial charge in [0.15, 0.2) is 0 Å². The van der Waals surface area contributed by atoms with Gasteiger partial charge in [0.25, 0.3) is 0 Å². The van der Waals surface area contributed by atoms with Crippen molar-refractivity contribution >= 4 is 17.8 Å². The molecule has 2 saturated heterocycles. The van der Waals surface area contributed by atoms with Gasteiger partial charge < -0.3 is 15.1 Å². The smallest absolute Gasteiger partial charge is 0.416 e. The highest BCUT2D eigenvalue weighted by atomic mass is 19.4. The molecular formula is C22H29F3N2O5. The van der Waals surface area contributed by atoms with Gasteiger partial charge in [-0.2, -0.15) is 13.2 Å². The molecule has 2 fully saturated rings. The van der Waals surface area contributed by atoms with Crippen molar-refractivity contribution in [3.05, 3.63) is 35.4 Å². The molecule has 0 radical (unpaired) electrons. The number of hydrogen-bond acceptors (Lipinski definition) is 4. The summed E-state index contributed by atoms with van der Waals surface area (Å²) in [7, 11) is 0. The Morgan fingerprint density at radius 2 is 1.53 bits per heavy atom. The van der Waals surface area contributed by atoms with Gasteiger partial charge in [-0.3, -0.25) is 9.69 Å². The molecule has 0 saturated carbocycles. The molecule has 1 atom stereocenters. The minimum absolute atomic E-state index is 0.101. The lowest BCUT2D eigenvalue weighted by Crippen LogP contribution is -2.45. The first-order valence-electron chi connectivity index (χ1n) is 10.6. The summed E-state index contributed by atoms with van der Waals surface area (Å²) < 4.78 is 37.9. The molecule has 1 aromatic rings. The summed E-state index contributed by atoms with van der Waals surface area (Å²) in [4.78, 5) is 35.2. The SMILES string of the molecule is CC1CCCN(C(=O)C2CCN(Cc3ccc(C(F)(F)F)cc3)CC2)C1.O=C(O)C(=O)O. The Hall–Kier alpha value is -2.62. The zero-order valence-corrected chi connectivity index (χ0v) is 18.0. The second-order valence-corrected chi connectivity index (χ2v) is 8.39. The Labute approximate surface area is 184 Å². The minimum Gasteiger partial charge on any atom is -0.473 e. The van der Waals surface area contributed by atoms with Crippen molar-refractivity contribution in [2.24, 2.45) is 11.8 Å². The fourth-order valence-corrected chi connectivity index (χ4v) is 4.04. The number of benzene rings is 1. The maximum atomic E-state index is 12.7. The maximum absolute atomic E-state index is 12.7. The molecule has 178 valence electrons. The van der Waals surface area contributed by atoms with Gasteiger partial charge >= 0.3 is 18.1 Å². The number of carboxylic acids is 2. The highest BCUT2D eigenvalue weighted by Gasteiger charge is 2.31. The van der Waals surface area contributed by atoms with E-state index in [1.807, 2.05) is 4.90 Å². The Balaban J connectivity index is 0.000000534. The fourth-order valence-electron chi connectivity index (χ4n) is 4.04. The molecule has 0 spiro atoms. The average molecular weight is 458 g/mol. The molecule has 32 heavy (non-hydrogen) atoms. The van der Waals surface area contributed by atoms with Gasteiger partial charge in [-0.25, -0.2) is 9.59 Å². The lowest BCUT2D eigenvalue weighted by atomic mass is 9.92. The normalized spacial score (nSPS) is 20.2. The van der Waals surface area contributed by atoms with Gasteiger partial charge in [0.1, 0.15) is 0 Å². The maximum Gasteiger partial charge on any atom is 0.416 e. The van der Waals surface area contributed by atoms with E-state index in [1.165, 1.54) is 6.42 Å². The summed E-state index contributed by atoms with van der Waals surface area (Å²) >= 11 is 0. The van der Waals surface area contributed by atoms with Crippen molar-refractivity contribution in [2.75, 3.05) is 26.2 Å². The van der Waals surface area contributed by atoms with Crippen LogP contribution in [0.1, 0.15) is 43.7 Å². The van der Waals surface area contributed by atoms with Gasteiger partial charge in [-0.1, -0.05) is 19.1 Å². The van der Waals surface area contributed by atoms with Gasteiger partial charge in [-0.15, -0.1) is 0 Å². The summed E-state index contributed by atoms with van der Waals surface area (Å²) in [6.45, 7) is 6.24. The van der Waals surface area contributed by atoms with Crippen molar-refractivity contribution < 1.29 is 37.8 Å². The van der Waals surface area contributed by atoms with E-state index >= 15 is 0 Å². The van der Waals surface area contributed by atoms with Crippen LogP contribution in [0.3, 0.4) is 0 Å². The molecule has 2 heterocycles. The molecule has 10 heteroatoms. The van der Waals surface area contributed by atoms with E-state index < -0.39 is 23.7 Å². The van der Waals surface area contributed by atoms with Crippen molar-refractivity contribution in [1.29, 1.82) is 0 Å². The molecule has 7 nitrogen and oxygen atoms in total. The van der Waals surface area contributed by atoms with Crippen LogP contribution in [-0.2, 0) is 27.1 Å². The summed E-state index contributed by atoms with van der Waals surface area (Å²) in [5, 5.41) is 14.8. The first-order valence-corrected chi connectivity index (χ1v) is 10.6. The first kappa shape index (κ1) is 25.6. The van der Waals surface area contributed by atoms with E-state index in [0.29, 0.717) is 18.4 Å². The number of aliphatic carboxylic acids is 2. The van der Waals surface area contributed by atoms with Crippen molar-refractivity contribution in [1.82, 2.24) is 9.80 Å². The quantitative estimate of drug-likeness (QED) is 0.675. The number of nitrogens with zero attached hydrogens (tertiary/aromatic N) is 2. The van der Waals surface area contributed by atoms with Gasteiger partial charge in [0.2, 0.25) is 5.91 Å². The minimum atomic E-state index is -4.29. The lowest BCUT2D eigenvalue weighted by Gasteiger charge is -2.37. The molecule has 0 aromatic heterocycles. The molecule has 2 N–H and O–H groups in total. The Morgan fingerprint density at radius 1 is 0.969 bits per heavy atom. The Bertz CT molecular complexity index is 778. The van der Waals surface area contributed by atoms with Crippen molar-refractivity contribution in [3.63, 3.8) is 0 Å². The van der Waals surface area contributed by atoms with Gasteiger partial charge in [0.05, 0.1) is 5.56 Å². The predicted molar refractivity (Wildman–Crippen MR) is 110 cm³/mol. The topological polar surface area (TPSA) is 98.2 Å². The van der Waals surface area contributed by atoms with Crippen LogP contribution in [-0.4, -0.2) is 64.0 Å². The van der Waals surface area contributed by atoms with E-state index in [-0.39, 0.29) is 5.92 Å². The van der Waals surface area contributed by atoms with Crippen molar-refractivity contribution in [3.8, 4) is 0 Å². The predicted octanol–water partition coefficient (Wildman–Crippen LogP) is 3.33. The largest absolute Gasteiger partial charge is 0.473 e.